The molecule has 34 heavy (non-hydrogen) atoms. The Morgan fingerprint density at radius 3 is 2.18 bits per heavy atom. The molecule has 6 nitrogen and oxygen atoms in total. The van der Waals surface area contributed by atoms with E-state index in [4.69, 9.17) is 11.6 Å². The lowest BCUT2D eigenvalue weighted by atomic mass is 9.89. The van der Waals surface area contributed by atoms with Crippen LogP contribution in [0.3, 0.4) is 0 Å². The summed E-state index contributed by atoms with van der Waals surface area (Å²) < 4.78 is 0. The second kappa shape index (κ2) is 9.39. The van der Waals surface area contributed by atoms with Crippen LogP contribution in [-0.2, 0) is 4.79 Å². The molecule has 3 aromatic carbocycles. The fraction of sp³-hybridized carbons (Fsp3) is 0.259. The van der Waals surface area contributed by atoms with E-state index in [0.29, 0.717) is 22.7 Å². The number of aromatic hydroxyl groups is 1. The first-order valence-corrected chi connectivity index (χ1v) is 11.5. The molecule has 4 rings (SSSR count). The van der Waals surface area contributed by atoms with Crippen molar-refractivity contribution < 1.29 is 14.7 Å². The van der Waals surface area contributed by atoms with Gasteiger partial charge in [0.05, 0.1) is 11.7 Å². The first-order chi connectivity index (χ1) is 16.2. The molecule has 0 saturated heterocycles. The minimum atomic E-state index is -0.301. The highest BCUT2D eigenvalue weighted by Gasteiger charge is 2.38. The number of anilines is 3. The van der Waals surface area contributed by atoms with Gasteiger partial charge in [0.15, 0.2) is 0 Å². The number of nitrogens with zero attached hydrogens (tertiary/aromatic N) is 3. The maximum atomic E-state index is 13.6. The number of hydrogen-bond donors (Lipinski definition) is 1. The number of carbonyl (C=O) groups excluding carboxylic acids is 2. The predicted molar refractivity (Wildman–Crippen MR) is 137 cm³/mol. The summed E-state index contributed by atoms with van der Waals surface area (Å²) in [4.78, 5) is 31.8. The average Bonchev–Trinajstić information content (AvgIpc) is 2.80. The third-order valence-electron chi connectivity index (χ3n) is 6.24. The summed E-state index contributed by atoms with van der Waals surface area (Å²) in [5.74, 6) is -0.199. The number of carbonyl (C=O) groups is 2. The molecule has 0 spiro atoms. The Morgan fingerprint density at radius 1 is 0.971 bits per heavy atom. The standard InChI is InChI=1S/C27H28ClN3O3/c1-17-15-25(31(18(2)32)22-11-7-20(28)8-12-22)24-14-13-23(33)16-26(24)30(17)27(34)19-5-9-21(10-6-19)29(3)4/h5-14,16-17,25,33H,15H2,1-4H3/t17-,25+/m0/s1. The van der Waals surface area contributed by atoms with Crippen molar-refractivity contribution in [3.63, 3.8) is 0 Å². The number of amides is 2. The first kappa shape index (κ1) is 23.6. The minimum absolute atomic E-state index is 0.0632. The Morgan fingerprint density at radius 2 is 1.59 bits per heavy atom. The van der Waals surface area contributed by atoms with Crippen LogP contribution in [0.15, 0.2) is 66.7 Å². The van der Waals surface area contributed by atoms with Gasteiger partial charge in [-0.3, -0.25) is 9.59 Å². The van der Waals surface area contributed by atoms with E-state index in [1.54, 1.807) is 40.1 Å². The summed E-state index contributed by atoms with van der Waals surface area (Å²) in [5.41, 5.74) is 3.70. The van der Waals surface area contributed by atoms with Crippen LogP contribution in [0.1, 0.15) is 42.2 Å². The lowest BCUT2D eigenvalue weighted by Crippen LogP contribution is -2.47. The van der Waals surface area contributed by atoms with Gasteiger partial charge in [-0.1, -0.05) is 17.7 Å². The van der Waals surface area contributed by atoms with Gasteiger partial charge in [-0.05, 0) is 73.5 Å². The first-order valence-electron chi connectivity index (χ1n) is 11.2. The normalized spacial score (nSPS) is 17.1. The van der Waals surface area contributed by atoms with Crippen LogP contribution >= 0.6 is 11.6 Å². The zero-order valence-corrected chi connectivity index (χ0v) is 20.5. The molecule has 176 valence electrons. The summed E-state index contributed by atoms with van der Waals surface area (Å²) in [6.45, 7) is 3.50. The predicted octanol–water partition coefficient (Wildman–Crippen LogP) is 5.64. The van der Waals surface area contributed by atoms with E-state index in [1.807, 2.05) is 62.3 Å². The number of rotatable bonds is 4. The molecule has 0 radical (unpaired) electrons. The molecule has 1 aliphatic rings. The highest BCUT2D eigenvalue weighted by Crippen LogP contribution is 2.44. The zero-order valence-electron chi connectivity index (χ0n) is 19.7. The van der Waals surface area contributed by atoms with E-state index >= 15 is 0 Å². The second-order valence-electron chi connectivity index (χ2n) is 8.83. The maximum Gasteiger partial charge on any atom is 0.258 e. The topological polar surface area (TPSA) is 64.1 Å². The van der Waals surface area contributed by atoms with Crippen LogP contribution < -0.4 is 14.7 Å². The molecule has 0 saturated carbocycles. The molecule has 2 atom stereocenters. The lowest BCUT2D eigenvalue weighted by molar-refractivity contribution is -0.117. The highest BCUT2D eigenvalue weighted by molar-refractivity contribution is 6.30. The smallest absolute Gasteiger partial charge is 0.258 e. The van der Waals surface area contributed by atoms with Crippen LogP contribution in [0.4, 0.5) is 17.1 Å². The molecule has 7 heteroatoms. The Kier molecular flexibility index (Phi) is 6.53. The average molecular weight is 478 g/mol. The van der Waals surface area contributed by atoms with E-state index in [-0.39, 0.29) is 29.6 Å². The van der Waals surface area contributed by atoms with E-state index in [2.05, 4.69) is 0 Å². The van der Waals surface area contributed by atoms with Crippen LogP contribution in [0.2, 0.25) is 5.02 Å². The second-order valence-corrected chi connectivity index (χ2v) is 9.26. The molecule has 2 amide bonds. The molecular formula is C27H28ClN3O3. The van der Waals surface area contributed by atoms with Crippen molar-refractivity contribution in [3.8, 4) is 5.75 Å². The van der Waals surface area contributed by atoms with Crippen molar-refractivity contribution in [3.05, 3.63) is 82.9 Å². The number of hydrogen-bond acceptors (Lipinski definition) is 4. The monoisotopic (exact) mass is 477 g/mol. The van der Waals surface area contributed by atoms with Crippen LogP contribution in [0.25, 0.3) is 0 Å². The number of phenolic OH excluding ortho intramolecular Hbond substituents is 1. The third kappa shape index (κ3) is 4.46. The summed E-state index contributed by atoms with van der Waals surface area (Å²) in [5, 5.41) is 10.9. The molecule has 0 bridgehead atoms. The number of fused-ring (bicyclic) bond motifs is 1. The molecule has 1 heterocycles. The maximum absolute atomic E-state index is 13.6. The van der Waals surface area contributed by atoms with Crippen LogP contribution in [-0.4, -0.2) is 37.1 Å². The van der Waals surface area contributed by atoms with Crippen molar-refractivity contribution in [2.45, 2.75) is 32.4 Å². The van der Waals surface area contributed by atoms with Gasteiger partial charge in [-0.25, -0.2) is 0 Å². The summed E-state index contributed by atoms with van der Waals surface area (Å²) in [6, 6.07) is 19.1. The van der Waals surface area contributed by atoms with E-state index in [9.17, 15) is 14.7 Å². The molecular weight excluding hydrogens is 450 g/mol. The fourth-order valence-electron chi connectivity index (χ4n) is 4.59. The van der Waals surface area contributed by atoms with Crippen molar-refractivity contribution >= 4 is 40.5 Å². The van der Waals surface area contributed by atoms with Gasteiger partial charge >= 0.3 is 0 Å². The quantitative estimate of drug-likeness (QED) is 0.527. The van der Waals surface area contributed by atoms with Gasteiger partial charge in [0.1, 0.15) is 5.75 Å². The van der Waals surface area contributed by atoms with Gasteiger partial charge in [0.25, 0.3) is 5.91 Å². The largest absolute Gasteiger partial charge is 0.508 e. The zero-order chi connectivity index (χ0) is 24.6. The van der Waals surface area contributed by atoms with Crippen LogP contribution in [0.5, 0.6) is 5.75 Å². The SMILES string of the molecule is CC(=O)N(c1ccc(Cl)cc1)[C@@H]1C[C@H](C)N(C(=O)c2ccc(N(C)C)cc2)c2cc(O)ccc21. The molecule has 1 aliphatic heterocycles. The molecule has 3 aromatic rings. The fourth-order valence-corrected chi connectivity index (χ4v) is 4.72. The number of phenols is 1. The Labute approximate surface area is 205 Å². The van der Waals surface area contributed by atoms with E-state index in [0.717, 1.165) is 16.9 Å². The van der Waals surface area contributed by atoms with Gasteiger partial charge in [-0.2, -0.15) is 0 Å². The Hall–Kier alpha value is -3.51. The Balaban J connectivity index is 1.77. The van der Waals surface area contributed by atoms with Crippen molar-refractivity contribution in [1.29, 1.82) is 0 Å². The number of benzene rings is 3. The number of halogens is 1. The summed E-state index contributed by atoms with van der Waals surface area (Å²) >= 11 is 6.06. The van der Waals surface area contributed by atoms with Gasteiger partial charge in [-0.15, -0.1) is 0 Å². The molecule has 0 aliphatic carbocycles. The summed E-state index contributed by atoms with van der Waals surface area (Å²) in [6.07, 6.45) is 0.543. The molecule has 0 unspecified atom stereocenters. The van der Waals surface area contributed by atoms with Crippen molar-refractivity contribution in [2.75, 3.05) is 28.8 Å². The van der Waals surface area contributed by atoms with Gasteiger partial charge < -0.3 is 19.8 Å². The van der Waals surface area contributed by atoms with E-state index in [1.165, 1.54) is 6.92 Å². The third-order valence-corrected chi connectivity index (χ3v) is 6.49. The lowest BCUT2D eigenvalue weighted by Gasteiger charge is -2.43. The molecule has 1 N–H and O–H groups in total. The van der Waals surface area contributed by atoms with Gasteiger partial charge in [0, 0.05) is 55.1 Å². The van der Waals surface area contributed by atoms with Crippen molar-refractivity contribution in [2.24, 2.45) is 0 Å². The minimum Gasteiger partial charge on any atom is -0.508 e. The van der Waals surface area contributed by atoms with Crippen LogP contribution in [0, 0.1) is 0 Å². The highest BCUT2D eigenvalue weighted by atomic mass is 35.5. The van der Waals surface area contributed by atoms with Crippen molar-refractivity contribution in [1.82, 2.24) is 0 Å². The molecule has 0 fully saturated rings. The van der Waals surface area contributed by atoms with E-state index < -0.39 is 0 Å². The van der Waals surface area contributed by atoms with Gasteiger partial charge in [0.2, 0.25) is 5.91 Å². The summed E-state index contributed by atoms with van der Waals surface area (Å²) in [7, 11) is 3.90. The Bertz CT molecular complexity index is 1210. The molecule has 0 aromatic heterocycles.